The molecule has 44 heavy (non-hydrogen) atoms. The first kappa shape index (κ1) is 39.6. The first-order valence-corrected chi connectivity index (χ1v) is 20.5. The Bertz CT molecular complexity index is 655. The number of hydrogen-bond acceptors (Lipinski definition) is 2. The van der Waals surface area contributed by atoms with Crippen molar-refractivity contribution in [2.75, 3.05) is 0 Å². The number of fused-ring (bicyclic) bond motifs is 1. The van der Waals surface area contributed by atoms with Gasteiger partial charge in [-0.25, -0.2) is 0 Å². The molecule has 2 atom stereocenters. The van der Waals surface area contributed by atoms with Crippen LogP contribution in [0.1, 0.15) is 226 Å². The van der Waals surface area contributed by atoms with Crippen molar-refractivity contribution in [2.45, 2.75) is 244 Å². The van der Waals surface area contributed by atoms with Crippen LogP contribution in [0.4, 0.5) is 0 Å². The number of rotatable bonds is 32. The third-order valence-corrected chi connectivity index (χ3v) is 10.3. The minimum Gasteiger partial charge on any atom is -0.344 e. The third kappa shape index (κ3) is 20.5. The van der Waals surface area contributed by atoms with Gasteiger partial charge in [-0.2, -0.15) is 0 Å². The van der Waals surface area contributed by atoms with Gasteiger partial charge in [-0.05, 0) is 64.2 Å². The van der Waals surface area contributed by atoms with E-state index >= 15 is 0 Å². The lowest BCUT2D eigenvalue weighted by Crippen LogP contribution is -2.31. The highest BCUT2D eigenvalue weighted by molar-refractivity contribution is 4.93. The topological polar surface area (TPSA) is 18.5 Å². The number of allylic oxidation sites excluding steroid dienone is 4. The van der Waals surface area contributed by atoms with E-state index in [1.807, 2.05) is 0 Å². The van der Waals surface area contributed by atoms with Crippen LogP contribution in [-0.4, -0.2) is 18.0 Å². The van der Waals surface area contributed by atoms with Gasteiger partial charge in [0.25, 0.3) is 0 Å². The van der Waals surface area contributed by atoms with Crippen LogP contribution >= 0.6 is 0 Å². The SMILES string of the molecule is CCCCC/C=C\C/C=C\CCCCCCCCC1(CCCCCCCCCCCCCCCCCC)OC2CCCC2O1. The standard InChI is InChI=1S/C42H78O2/c1-3-5-7-9-11-13-15-17-19-21-23-25-27-29-31-33-38-42(43-40-36-35-37-41(40)44-42)39-34-32-30-28-26-24-22-20-18-16-14-12-10-8-6-4-2/h11,13,17,19,40-41H,3-10,12,14-16,18,20-39H2,1-2H3/b13-11-,19-17-. The molecule has 0 aromatic rings. The molecule has 2 rings (SSSR count). The zero-order valence-corrected chi connectivity index (χ0v) is 30.1. The summed E-state index contributed by atoms with van der Waals surface area (Å²) in [4.78, 5) is 0. The normalized spacial score (nSPS) is 21.8. The van der Waals surface area contributed by atoms with Gasteiger partial charge in [-0.3, -0.25) is 0 Å². The van der Waals surface area contributed by atoms with Crippen molar-refractivity contribution >= 4 is 0 Å². The highest BCUT2D eigenvalue weighted by Crippen LogP contribution is 2.43. The lowest BCUT2D eigenvalue weighted by molar-refractivity contribution is -0.190. The summed E-state index contributed by atoms with van der Waals surface area (Å²) in [7, 11) is 0. The zero-order chi connectivity index (χ0) is 31.2. The predicted molar refractivity (Wildman–Crippen MR) is 194 cm³/mol. The third-order valence-electron chi connectivity index (χ3n) is 10.3. The minimum atomic E-state index is -0.249. The van der Waals surface area contributed by atoms with E-state index < -0.39 is 0 Å². The molecule has 0 aromatic heterocycles. The van der Waals surface area contributed by atoms with Crippen molar-refractivity contribution < 1.29 is 9.47 Å². The fourth-order valence-electron chi connectivity index (χ4n) is 7.43. The smallest absolute Gasteiger partial charge is 0.169 e. The average Bonchev–Trinajstić information content (AvgIpc) is 3.60. The van der Waals surface area contributed by atoms with Crippen molar-refractivity contribution in [3.8, 4) is 0 Å². The quantitative estimate of drug-likeness (QED) is 0.0554. The molecule has 0 bridgehead atoms. The molecular weight excluding hydrogens is 536 g/mol. The molecule has 1 saturated heterocycles. The van der Waals surface area contributed by atoms with Crippen LogP contribution in [0, 0.1) is 0 Å². The minimum absolute atomic E-state index is 0.249. The maximum Gasteiger partial charge on any atom is 0.169 e. The van der Waals surface area contributed by atoms with Gasteiger partial charge in [0.15, 0.2) is 5.79 Å². The van der Waals surface area contributed by atoms with E-state index in [-0.39, 0.29) is 5.79 Å². The van der Waals surface area contributed by atoms with Crippen molar-refractivity contribution in [2.24, 2.45) is 0 Å². The lowest BCUT2D eigenvalue weighted by atomic mass is 9.98. The molecule has 258 valence electrons. The van der Waals surface area contributed by atoms with Crippen LogP contribution in [-0.2, 0) is 9.47 Å². The predicted octanol–water partition coefficient (Wildman–Crippen LogP) is 14.5. The van der Waals surface area contributed by atoms with E-state index in [9.17, 15) is 0 Å². The monoisotopic (exact) mass is 615 g/mol. The Morgan fingerprint density at radius 2 is 0.773 bits per heavy atom. The highest BCUT2D eigenvalue weighted by atomic mass is 16.8. The van der Waals surface area contributed by atoms with Gasteiger partial charge in [0, 0.05) is 12.8 Å². The van der Waals surface area contributed by atoms with Gasteiger partial charge in [-0.1, -0.05) is 173 Å². The van der Waals surface area contributed by atoms with E-state index in [2.05, 4.69) is 38.2 Å². The van der Waals surface area contributed by atoms with E-state index in [1.54, 1.807) is 0 Å². The first-order chi connectivity index (χ1) is 21.8. The van der Waals surface area contributed by atoms with Crippen LogP contribution in [0.15, 0.2) is 24.3 Å². The second kappa shape index (κ2) is 28.6. The average molecular weight is 615 g/mol. The first-order valence-electron chi connectivity index (χ1n) is 20.5. The Morgan fingerprint density at radius 1 is 0.432 bits per heavy atom. The van der Waals surface area contributed by atoms with E-state index in [1.165, 1.54) is 193 Å². The molecule has 2 nitrogen and oxygen atoms in total. The Hall–Kier alpha value is -0.600. The second-order valence-electron chi connectivity index (χ2n) is 14.5. The molecule has 1 aliphatic carbocycles. The summed E-state index contributed by atoms with van der Waals surface area (Å²) in [6.45, 7) is 4.58. The summed E-state index contributed by atoms with van der Waals surface area (Å²) in [6.07, 6.45) is 54.7. The summed E-state index contributed by atoms with van der Waals surface area (Å²) in [5.41, 5.74) is 0. The molecule has 1 saturated carbocycles. The molecule has 0 radical (unpaired) electrons. The highest BCUT2D eigenvalue weighted by Gasteiger charge is 2.48. The summed E-state index contributed by atoms with van der Waals surface area (Å²) >= 11 is 0. The molecular formula is C42H78O2. The van der Waals surface area contributed by atoms with Gasteiger partial charge < -0.3 is 9.47 Å². The lowest BCUT2D eigenvalue weighted by Gasteiger charge is -2.29. The maximum absolute atomic E-state index is 6.69. The maximum atomic E-state index is 6.69. The molecule has 0 spiro atoms. The fraction of sp³-hybridized carbons (Fsp3) is 0.905. The Balaban J connectivity index is 1.43. The van der Waals surface area contributed by atoms with Gasteiger partial charge in [-0.15, -0.1) is 0 Å². The van der Waals surface area contributed by atoms with Crippen molar-refractivity contribution in [3.63, 3.8) is 0 Å². The molecule has 1 aliphatic heterocycles. The molecule has 2 heteroatoms. The zero-order valence-electron chi connectivity index (χ0n) is 30.1. The van der Waals surface area contributed by atoms with Crippen LogP contribution in [0.2, 0.25) is 0 Å². The second-order valence-corrected chi connectivity index (χ2v) is 14.5. The largest absolute Gasteiger partial charge is 0.344 e. The molecule has 0 N–H and O–H groups in total. The molecule has 0 aromatic carbocycles. The molecule has 1 heterocycles. The van der Waals surface area contributed by atoms with Gasteiger partial charge in [0.1, 0.15) is 0 Å². The van der Waals surface area contributed by atoms with Gasteiger partial charge in [0.05, 0.1) is 12.2 Å². The Morgan fingerprint density at radius 3 is 1.20 bits per heavy atom. The summed E-state index contributed by atoms with van der Waals surface area (Å²) < 4.78 is 13.4. The summed E-state index contributed by atoms with van der Waals surface area (Å²) in [6, 6.07) is 0. The van der Waals surface area contributed by atoms with Crippen LogP contribution < -0.4 is 0 Å². The Kier molecular flexibility index (Phi) is 25.7. The van der Waals surface area contributed by atoms with Crippen LogP contribution in [0.3, 0.4) is 0 Å². The van der Waals surface area contributed by atoms with Crippen LogP contribution in [0.5, 0.6) is 0 Å². The van der Waals surface area contributed by atoms with Gasteiger partial charge in [0.2, 0.25) is 0 Å². The summed E-state index contributed by atoms with van der Waals surface area (Å²) in [5, 5.41) is 0. The molecule has 2 aliphatic rings. The number of hydrogen-bond donors (Lipinski definition) is 0. The van der Waals surface area contributed by atoms with E-state index in [0.717, 1.165) is 19.3 Å². The van der Waals surface area contributed by atoms with Crippen molar-refractivity contribution in [3.05, 3.63) is 24.3 Å². The Labute approximate surface area is 277 Å². The van der Waals surface area contributed by atoms with Crippen molar-refractivity contribution in [1.29, 1.82) is 0 Å². The van der Waals surface area contributed by atoms with E-state index in [0.29, 0.717) is 12.2 Å². The van der Waals surface area contributed by atoms with Crippen molar-refractivity contribution in [1.82, 2.24) is 0 Å². The number of ether oxygens (including phenoxy) is 2. The fourth-order valence-corrected chi connectivity index (χ4v) is 7.43. The molecule has 2 unspecified atom stereocenters. The molecule has 0 amide bonds. The summed E-state index contributed by atoms with van der Waals surface area (Å²) in [5.74, 6) is -0.249. The molecule has 2 fully saturated rings. The van der Waals surface area contributed by atoms with E-state index in [4.69, 9.17) is 9.47 Å². The number of unbranched alkanes of at least 4 members (excludes halogenated alkanes) is 24. The van der Waals surface area contributed by atoms with Crippen LogP contribution in [0.25, 0.3) is 0 Å². The van der Waals surface area contributed by atoms with Gasteiger partial charge >= 0.3 is 0 Å².